The molecule has 1 saturated heterocycles. The first-order valence-corrected chi connectivity index (χ1v) is 7.56. The fourth-order valence-electron chi connectivity index (χ4n) is 2.53. The minimum atomic E-state index is -0.364. The monoisotopic (exact) mass is 307 g/mol. The predicted octanol–water partition coefficient (Wildman–Crippen LogP) is 1.14. The number of nitrogens with one attached hydrogen (secondary N) is 1. The number of nitrogens with zero attached hydrogens (tertiary/aromatic N) is 1. The fourth-order valence-corrected chi connectivity index (χ4v) is 2.53. The van der Waals surface area contributed by atoms with Crippen LogP contribution in [0.4, 0.5) is 4.39 Å². The zero-order valence-corrected chi connectivity index (χ0v) is 12.7. The van der Waals surface area contributed by atoms with Crippen molar-refractivity contribution in [2.24, 2.45) is 11.7 Å². The zero-order chi connectivity index (χ0) is 16.1. The number of rotatable bonds is 4. The summed E-state index contributed by atoms with van der Waals surface area (Å²) in [7, 11) is 0. The molecule has 1 fully saturated rings. The van der Waals surface area contributed by atoms with Gasteiger partial charge in [0.2, 0.25) is 5.91 Å². The van der Waals surface area contributed by atoms with E-state index < -0.39 is 0 Å². The first kappa shape index (κ1) is 16.4. The standard InChI is InChI=1S/C16H22FN3O2/c1-11(10-18)16(22)20-8-6-14(7-9-20)19-15(21)12-2-4-13(17)5-3-12/h2-5,11,14H,6-10,18H2,1H3,(H,19,21). The van der Waals surface area contributed by atoms with E-state index in [2.05, 4.69) is 5.32 Å². The molecule has 5 nitrogen and oxygen atoms in total. The number of benzene rings is 1. The molecule has 0 spiro atoms. The first-order chi connectivity index (χ1) is 10.5. The van der Waals surface area contributed by atoms with Gasteiger partial charge in [-0.2, -0.15) is 0 Å². The van der Waals surface area contributed by atoms with Crippen LogP contribution in [0, 0.1) is 11.7 Å². The van der Waals surface area contributed by atoms with Crippen LogP contribution in [0.15, 0.2) is 24.3 Å². The normalized spacial score (nSPS) is 17.1. The molecule has 2 rings (SSSR count). The Kier molecular flexibility index (Phi) is 5.49. The summed E-state index contributed by atoms with van der Waals surface area (Å²) in [6.45, 7) is 3.42. The van der Waals surface area contributed by atoms with Crippen molar-refractivity contribution in [2.45, 2.75) is 25.8 Å². The molecule has 1 aliphatic heterocycles. The Labute approximate surface area is 129 Å². The third-order valence-corrected chi connectivity index (χ3v) is 4.02. The smallest absolute Gasteiger partial charge is 0.251 e. The van der Waals surface area contributed by atoms with E-state index in [0.717, 1.165) is 12.8 Å². The third-order valence-electron chi connectivity index (χ3n) is 4.02. The summed E-state index contributed by atoms with van der Waals surface area (Å²) in [5.74, 6) is -0.659. The van der Waals surface area contributed by atoms with Gasteiger partial charge in [0.1, 0.15) is 5.82 Å². The lowest BCUT2D eigenvalue weighted by molar-refractivity contribution is -0.135. The Bertz CT molecular complexity index is 525. The van der Waals surface area contributed by atoms with Gasteiger partial charge in [-0.3, -0.25) is 9.59 Å². The summed E-state index contributed by atoms with van der Waals surface area (Å²) in [5.41, 5.74) is 5.96. The largest absolute Gasteiger partial charge is 0.349 e. The predicted molar refractivity (Wildman–Crippen MR) is 81.7 cm³/mol. The molecule has 0 aliphatic carbocycles. The van der Waals surface area contributed by atoms with Gasteiger partial charge in [-0.05, 0) is 37.1 Å². The Morgan fingerprint density at radius 1 is 1.32 bits per heavy atom. The second-order valence-electron chi connectivity index (χ2n) is 5.72. The van der Waals surface area contributed by atoms with Crippen LogP contribution in [-0.4, -0.2) is 42.4 Å². The van der Waals surface area contributed by atoms with Crippen LogP contribution in [0.3, 0.4) is 0 Å². The highest BCUT2D eigenvalue weighted by atomic mass is 19.1. The number of hydrogen-bond donors (Lipinski definition) is 2. The van der Waals surface area contributed by atoms with E-state index >= 15 is 0 Å². The van der Waals surface area contributed by atoms with Gasteiger partial charge in [-0.1, -0.05) is 6.92 Å². The molecule has 2 amide bonds. The maximum Gasteiger partial charge on any atom is 0.251 e. The first-order valence-electron chi connectivity index (χ1n) is 7.56. The van der Waals surface area contributed by atoms with E-state index in [4.69, 9.17) is 5.73 Å². The maximum atomic E-state index is 12.8. The molecule has 22 heavy (non-hydrogen) atoms. The van der Waals surface area contributed by atoms with E-state index in [0.29, 0.717) is 25.2 Å². The molecule has 0 aromatic heterocycles. The molecule has 0 saturated carbocycles. The van der Waals surface area contributed by atoms with Gasteiger partial charge < -0.3 is 16.0 Å². The van der Waals surface area contributed by atoms with Crippen molar-refractivity contribution in [1.29, 1.82) is 0 Å². The lowest BCUT2D eigenvalue weighted by Gasteiger charge is -2.33. The average molecular weight is 307 g/mol. The van der Waals surface area contributed by atoms with Gasteiger partial charge in [0.15, 0.2) is 0 Å². The summed E-state index contributed by atoms with van der Waals surface area (Å²) in [6.07, 6.45) is 1.44. The van der Waals surface area contributed by atoms with E-state index in [1.165, 1.54) is 24.3 Å². The lowest BCUT2D eigenvalue weighted by Crippen LogP contribution is -2.48. The zero-order valence-electron chi connectivity index (χ0n) is 12.7. The minimum absolute atomic E-state index is 0.0368. The van der Waals surface area contributed by atoms with Gasteiger partial charge in [-0.15, -0.1) is 0 Å². The van der Waals surface area contributed by atoms with Crippen molar-refractivity contribution >= 4 is 11.8 Å². The van der Waals surface area contributed by atoms with Crippen LogP contribution in [0.2, 0.25) is 0 Å². The second kappa shape index (κ2) is 7.35. The Morgan fingerprint density at radius 2 is 1.91 bits per heavy atom. The Morgan fingerprint density at radius 3 is 2.45 bits per heavy atom. The molecule has 1 aromatic rings. The van der Waals surface area contributed by atoms with Crippen molar-refractivity contribution in [1.82, 2.24) is 10.2 Å². The molecule has 6 heteroatoms. The number of likely N-dealkylation sites (tertiary alicyclic amines) is 1. The van der Waals surface area contributed by atoms with E-state index in [9.17, 15) is 14.0 Å². The minimum Gasteiger partial charge on any atom is -0.349 e. The highest BCUT2D eigenvalue weighted by molar-refractivity contribution is 5.94. The molecular formula is C16H22FN3O2. The number of piperidine rings is 1. The molecule has 0 bridgehead atoms. The highest BCUT2D eigenvalue weighted by Gasteiger charge is 2.26. The molecular weight excluding hydrogens is 285 g/mol. The summed E-state index contributed by atoms with van der Waals surface area (Å²) in [4.78, 5) is 25.9. The van der Waals surface area contributed by atoms with Gasteiger partial charge in [0.25, 0.3) is 5.91 Å². The molecule has 120 valence electrons. The SMILES string of the molecule is CC(CN)C(=O)N1CCC(NC(=O)c2ccc(F)cc2)CC1. The van der Waals surface area contributed by atoms with Crippen LogP contribution in [-0.2, 0) is 4.79 Å². The molecule has 0 radical (unpaired) electrons. The molecule has 1 aromatic carbocycles. The van der Waals surface area contributed by atoms with Crippen molar-refractivity contribution in [3.05, 3.63) is 35.6 Å². The van der Waals surface area contributed by atoms with E-state index in [1.54, 1.807) is 4.90 Å². The number of nitrogens with two attached hydrogens (primary N) is 1. The van der Waals surface area contributed by atoms with Gasteiger partial charge in [-0.25, -0.2) is 4.39 Å². The molecule has 1 unspecified atom stereocenters. The van der Waals surface area contributed by atoms with Crippen molar-refractivity contribution < 1.29 is 14.0 Å². The Balaban J connectivity index is 1.83. The van der Waals surface area contributed by atoms with E-state index in [-0.39, 0.29) is 29.6 Å². The van der Waals surface area contributed by atoms with Crippen LogP contribution >= 0.6 is 0 Å². The van der Waals surface area contributed by atoms with E-state index in [1.807, 2.05) is 6.92 Å². The van der Waals surface area contributed by atoms with Crippen LogP contribution in [0.25, 0.3) is 0 Å². The van der Waals surface area contributed by atoms with Crippen molar-refractivity contribution in [2.75, 3.05) is 19.6 Å². The van der Waals surface area contributed by atoms with Crippen LogP contribution in [0.5, 0.6) is 0 Å². The summed E-state index contributed by atoms with van der Waals surface area (Å²) < 4.78 is 12.8. The summed E-state index contributed by atoms with van der Waals surface area (Å²) >= 11 is 0. The summed E-state index contributed by atoms with van der Waals surface area (Å²) in [6, 6.07) is 5.50. The number of carbonyl (C=O) groups is 2. The van der Waals surface area contributed by atoms with Crippen LogP contribution in [0.1, 0.15) is 30.1 Å². The number of hydrogen-bond acceptors (Lipinski definition) is 3. The average Bonchev–Trinajstić information content (AvgIpc) is 2.54. The van der Waals surface area contributed by atoms with Crippen molar-refractivity contribution in [3.8, 4) is 0 Å². The lowest BCUT2D eigenvalue weighted by atomic mass is 10.0. The van der Waals surface area contributed by atoms with Gasteiger partial charge in [0, 0.05) is 37.2 Å². The molecule has 1 heterocycles. The number of carbonyl (C=O) groups excluding carboxylic acids is 2. The quantitative estimate of drug-likeness (QED) is 0.876. The highest BCUT2D eigenvalue weighted by Crippen LogP contribution is 2.14. The molecule has 1 aliphatic rings. The number of amides is 2. The molecule has 3 N–H and O–H groups in total. The number of halogens is 1. The third kappa shape index (κ3) is 4.04. The maximum absolute atomic E-state index is 12.8. The second-order valence-corrected chi connectivity index (χ2v) is 5.72. The van der Waals surface area contributed by atoms with Crippen LogP contribution < -0.4 is 11.1 Å². The Hall–Kier alpha value is -1.95. The van der Waals surface area contributed by atoms with Gasteiger partial charge >= 0.3 is 0 Å². The summed E-state index contributed by atoms with van der Waals surface area (Å²) in [5, 5.41) is 2.93. The van der Waals surface area contributed by atoms with Gasteiger partial charge in [0.05, 0.1) is 0 Å². The topological polar surface area (TPSA) is 75.4 Å². The molecule has 1 atom stereocenters. The fraction of sp³-hybridized carbons (Fsp3) is 0.500. The van der Waals surface area contributed by atoms with Crippen molar-refractivity contribution in [3.63, 3.8) is 0 Å².